The van der Waals surface area contributed by atoms with Crippen LogP contribution in [0.5, 0.6) is 0 Å². The van der Waals surface area contributed by atoms with E-state index in [1.165, 1.54) is 28.7 Å². The Morgan fingerprint density at radius 2 is 1.39 bits per heavy atom. The maximum Gasteiger partial charge on any atom is 0.330 e. The molecular formula is C37H43N7O5S2. The van der Waals surface area contributed by atoms with Crippen LogP contribution in [0.3, 0.4) is 0 Å². The number of azo groups is 2. The number of aromatic nitrogens is 1. The number of thiazole rings is 1. The minimum absolute atomic E-state index is 0.106. The van der Waals surface area contributed by atoms with Crippen molar-refractivity contribution < 1.29 is 23.9 Å². The molecule has 0 atom stereocenters. The SMILES string of the molecule is C=CC(=O)OCCCCCCCCCNC(=O)c1ccc(N=Nc2cc3sc(N=Nc4ccc(N(CC)CCOC(=O)C=C)cc4)nc3s2)cc1. The monoisotopic (exact) mass is 729 g/mol. The van der Waals surface area contributed by atoms with Gasteiger partial charge in [0.25, 0.3) is 5.91 Å². The van der Waals surface area contributed by atoms with Gasteiger partial charge in [0.15, 0.2) is 0 Å². The number of rotatable bonds is 22. The van der Waals surface area contributed by atoms with Crippen molar-refractivity contribution in [3.8, 4) is 0 Å². The lowest BCUT2D eigenvalue weighted by Crippen LogP contribution is -2.27. The van der Waals surface area contributed by atoms with E-state index in [2.05, 4.69) is 48.8 Å². The Bertz CT molecular complexity index is 1770. The number of thiophene rings is 1. The van der Waals surface area contributed by atoms with E-state index in [9.17, 15) is 14.4 Å². The molecule has 268 valence electrons. The molecule has 0 saturated carbocycles. The summed E-state index contributed by atoms with van der Waals surface area (Å²) < 4.78 is 11.0. The van der Waals surface area contributed by atoms with Gasteiger partial charge in [-0.3, -0.25) is 4.79 Å². The summed E-state index contributed by atoms with van der Waals surface area (Å²) in [6.07, 6.45) is 9.58. The van der Waals surface area contributed by atoms with Crippen LogP contribution in [0, 0.1) is 0 Å². The number of amides is 1. The molecule has 4 rings (SSSR count). The van der Waals surface area contributed by atoms with Gasteiger partial charge in [-0.05, 0) is 74.4 Å². The fourth-order valence-electron chi connectivity index (χ4n) is 4.85. The van der Waals surface area contributed by atoms with E-state index in [-0.39, 0.29) is 18.5 Å². The number of nitrogens with zero attached hydrogens (tertiary/aromatic N) is 6. The van der Waals surface area contributed by atoms with Crippen LogP contribution < -0.4 is 10.2 Å². The van der Waals surface area contributed by atoms with Crippen LogP contribution in [0.2, 0.25) is 0 Å². The summed E-state index contributed by atoms with van der Waals surface area (Å²) in [7, 11) is 0. The number of carbonyl (C=O) groups excluding carboxylic acids is 3. The molecule has 2 aromatic heterocycles. The number of unbranched alkanes of at least 4 members (excludes halogenated alkanes) is 6. The molecule has 51 heavy (non-hydrogen) atoms. The normalized spacial score (nSPS) is 11.2. The Labute approximate surface area is 306 Å². The van der Waals surface area contributed by atoms with Gasteiger partial charge in [-0.2, -0.15) is 0 Å². The third kappa shape index (κ3) is 13.3. The highest BCUT2D eigenvalue weighted by atomic mass is 32.1. The second-order valence-corrected chi connectivity index (χ2v) is 13.3. The van der Waals surface area contributed by atoms with Gasteiger partial charge in [0, 0.05) is 36.5 Å². The third-order valence-electron chi connectivity index (χ3n) is 7.60. The van der Waals surface area contributed by atoms with Crippen molar-refractivity contribution in [2.75, 3.05) is 37.7 Å². The average molecular weight is 730 g/mol. The molecule has 0 aliphatic carbocycles. The Hall–Kier alpha value is -5.08. The van der Waals surface area contributed by atoms with Gasteiger partial charge in [-0.15, -0.1) is 20.5 Å². The standard InChI is InChI=1S/C37H43N7O5S2/c1-4-33(45)48-24-13-11-9-7-8-10-12-22-38-35(47)27-14-16-28(17-15-27)40-42-32-26-31-36(51-32)39-37(50-31)43-41-29-18-20-30(21-19-29)44(6-3)23-25-49-34(46)5-2/h4-5,14-21,26H,1-2,6-13,22-25H2,3H3,(H,38,47). The van der Waals surface area contributed by atoms with Crippen molar-refractivity contribution in [1.82, 2.24) is 10.3 Å². The number of hydrogen-bond donors (Lipinski definition) is 1. The minimum atomic E-state index is -0.430. The van der Waals surface area contributed by atoms with Crippen LogP contribution in [0.4, 0.5) is 27.2 Å². The molecule has 2 heterocycles. The van der Waals surface area contributed by atoms with Gasteiger partial charge >= 0.3 is 11.9 Å². The molecule has 2 aromatic carbocycles. The maximum absolute atomic E-state index is 12.5. The first-order valence-corrected chi connectivity index (χ1v) is 18.6. The topological polar surface area (TPSA) is 147 Å². The number of esters is 2. The van der Waals surface area contributed by atoms with Crippen molar-refractivity contribution in [2.45, 2.75) is 51.9 Å². The van der Waals surface area contributed by atoms with Gasteiger partial charge in [0.1, 0.15) is 16.4 Å². The van der Waals surface area contributed by atoms with Crippen LogP contribution in [0.15, 0.2) is 100 Å². The molecule has 0 aliphatic heterocycles. The highest BCUT2D eigenvalue weighted by molar-refractivity contribution is 7.30. The largest absolute Gasteiger partial charge is 0.463 e. The lowest BCUT2D eigenvalue weighted by molar-refractivity contribution is -0.138. The van der Waals surface area contributed by atoms with Crippen molar-refractivity contribution in [3.05, 3.63) is 85.5 Å². The molecule has 14 heteroatoms. The Morgan fingerprint density at radius 1 is 0.784 bits per heavy atom. The Morgan fingerprint density at radius 3 is 2.04 bits per heavy atom. The maximum atomic E-state index is 12.5. The fraction of sp³-hybridized carbons (Fsp3) is 0.351. The quantitative estimate of drug-likeness (QED) is 0.0366. The molecule has 0 fully saturated rings. The van der Waals surface area contributed by atoms with Gasteiger partial charge in [0.05, 0.1) is 29.2 Å². The number of ether oxygens (including phenoxy) is 2. The zero-order valence-electron chi connectivity index (χ0n) is 28.8. The van der Waals surface area contributed by atoms with E-state index in [1.54, 1.807) is 24.3 Å². The van der Waals surface area contributed by atoms with E-state index >= 15 is 0 Å². The van der Waals surface area contributed by atoms with E-state index in [1.807, 2.05) is 37.3 Å². The second kappa shape index (κ2) is 21.2. The van der Waals surface area contributed by atoms with Crippen molar-refractivity contribution in [1.29, 1.82) is 0 Å². The third-order valence-corrected chi connectivity index (χ3v) is 9.53. The molecule has 0 bridgehead atoms. The van der Waals surface area contributed by atoms with Crippen LogP contribution in [-0.2, 0) is 19.1 Å². The summed E-state index contributed by atoms with van der Waals surface area (Å²) in [5, 5.41) is 21.6. The number of benzene rings is 2. The molecule has 4 aromatic rings. The highest BCUT2D eigenvalue weighted by Crippen LogP contribution is 2.39. The molecular weight excluding hydrogens is 687 g/mol. The number of likely N-dealkylation sites (N-methyl/N-ethyl adjacent to an activating group) is 1. The first-order valence-electron chi connectivity index (χ1n) is 16.9. The molecule has 0 unspecified atom stereocenters. The molecule has 12 nitrogen and oxygen atoms in total. The predicted octanol–water partition coefficient (Wildman–Crippen LogP) is 9.93. The number of anilines is 1. The Balaban J connectivity index is 1.16. The summed E-state index contributed by atoms with van der Waals surface area (Å²) in [6.45, 7) is 11.5. The molecule has 0 aliphatic rings. The van der Waals surface area contributed by atoms with E-state index < -0.39 is 5.97 Å². The first-order chi connectivity index (χ1) is 24.9. The summed E-state index contributed by atoms with van der Waals surface area (Å²) >= 11 is 2.84. The zero-order valence-corrected chi connectivity index (χ0v) is 30.4. The van der Waals surface area contributed by atoms with Crippen molar-refractivity contribution >= 4 is 77.2 Å². The van der Waals surface area contributed by atoms with Crippen LogP contribution >= 0.6 is 22.7 Å². The number of carbonyl (C=O) groups is 3. The second-order valence-electron chi connectivity index (χ2n) is 11.3. The molecule has 1 amide bonds. The summed E-state index contributed by atoms with van der Waals surface area (Å²) in [5.74, 6) is -0.904. The predicted molar refractivity (Wildman–Crippen MR) is 204 cm³/mol. The summed E-state index contributed by atoms with van der Waals surface area (Å²) in [5.41, 5.74) is 2.92. The lowest BCUT2D eigenvalue weighted by atomic mass is 10.1. The van der Waals surface area contributed by atoms with Crippen molar-refractivity contribution in [3.63, 3.8) is 0 Å². The van der Waals surface area contributed by atoms with Crippen LogP contribution in [0.25, 0.3) is 9.53 Å². The Kier molecular flexibility index (Phi) is 16.1. The first kappa shape index (κ1) is 38.7. The van der Waals surface area contributed by atoms with Gasteiger partial charge in [0.2, 0.25) is 5.13 Å². The molecule has 1 N–H and O–H groups in total. The lowest BCUT2D eigenvalue weighted by Gasteiger charge is -2.22. The van der Waals surface area contributed by atoms with Gasteiger partial charge < -0.3 is 19.7 Å². The zero-order chi connectivity index (χ0) is 36.3. The number of fused-ring (bicyclic) bond motifs is 1. The smallest absolute Gasteiger partial charge is 0.330 e. The van der Waals surface area contributed by atoms with E-state index in [4.69, 9.17) is 9.47 Å². The minimum Gasteiger partial charge on any atom is -0.463 e. The van der Waals surface area contributed by atoms with Crippen LogP contribution in [0.1, 0.15) is 62.2 Å². The molecule has 0 saturated heterocycles. The molecule has 0 radical (unpaired) electrons. The average Bonchev–Trinajstić information content (AvgIpc) is 3.72. The summed E-state index contributed by atoms with van der Waals surface area (Å²) in [6, 6.07) is 16.6. The van der Waals surface area contributed by atoms with E-state index in [0.717, 1.165) is 77.8 Å². The fourth-order valence-corrected chi connectivity index (χ4v) is 6.70. The van der Waals surface area contributed by atoms with Crippen molar-refractivity contribution in [2.24, 2.45) is 20.5 Å². The number of hydrogen-bond acceptors (Lipinski definition) is 13. The highest BCUT2D eigenvalue weighted by Gasteiger charge is 2.10. The van der Waals surface area contributed by atoms with Gasteiger partial charge in [-0.25, -0.2) is 14.6 Å². The van der Waals surface area contributed by atoms with Crippen LogP contribution in [-0.4, -0.2) is 55.7 Å². The van der Waals surface area contributed by atoms with Gasteiger partial charge in [-0.1, -0.05) is 67.9 Å². The molecule has 0 spiro atoms. The summed E-state index contributed by atoms with van der Waals surface area (Å²) in [4.78, 5) is 42.3. The number of nitrogens with one attached hydrogen (secondary N) is 1. The van der Waals surface area contributed by atoms with E-state index in [0.29, 0.717) is 41.8 Å².